The predicted molar refractivity (Wildman–Crippen MR) is 116 cm³/mol. The standard InChI is InChI=1S/C21H33BN2O5/c1-19(2,3)27-18(25)24-13-15(22-28-20(4,5)21(6,7)29-22)11-14-9-10-16(26-8)12-17(14)23/h9-12H,13,23H2,1-8H3,(H,24,25). The number of nitrogens with one attached hydrogen (secondary N) is 1. The molecule has 7 nitrogen and oxygen atoms in total. The van der Waals surface area contributed by atoms with Gasteiger partial charge < -0.3 is 29.8 Å². The molecule has 2 rings (SSSR count). The molecule has 0 radical (unpaired) electrons. The summed E-state index contributed by atoms with van der Waals surface area (Å²) in [5.41, 5.74) is 6.63. The monoisotopic (exact) mass is 404 g/mol. The highest BCUT2D eigenvalue weighted by atomic mass is 16.7. The average molecular weight is 404 g/mol. The van der Waals surface area contributed by atoms with E-state index in [1.165, 1.54) is 0 Å². The number of hydrogen-bond donors (Lipinski definition) is 2. The first kappa shape index (κ1) is 23.1. The van der Waals surface area contributed by atoms with Crippen LogP contribution in [0.3, 0.4) is 0 Å². The van der Waals surface area contributed by atoms with E-state index in [9.17, 15) is 4.79 Å². The summed E-state index contributed by atoms with van der Waals surface area (Å²) in [4.78, 5) is 12.2. The lowest BCUT2D eigenvalue weighted by molar-refractivity contribution is 0.00578. The maximum absolute atomic E-state index is 12.2. The predicted octanol–water partition coefficient (Wildman–Crippen LogP) is 3.82. The molecule has 0 spiro atoms. The van der Waals surface area contributed by atoms with E-state index in [2.05, 4.69) is 5.32 Å². The van der Waals surface area contributed by atoms with E-state index in [1.807, 2.05) is 66.7 Å². The SMILES string of the molecule is COc1ccc(C=C(CNC(=O)OC(C)(C)C)B2OC(C)(C)C(C)(C)O2)c(N)c1. The van der Waals surface area contributed by atoms with Gasteiger partial charge in [0.15, 0.2) is 0 Å². The van der Waals surface area contributed by atoms with Gasteiger partial charge in [0, 0.05) is 18.3 Å². The normalized spacial score (nSPS) is 18.5. The van der Waals surface area contributed by atoms with Gasteiger partial charge in [0.2, 0.25) is 0 Å². The van der Waals surface area contributed by atoms with Gasteiger partial charge in [0.1, 0.15) is 11.4 Å². The van der Waals surface area contributed by atoms with Gasteiger partial charge in [0.25, 0.3) is 0 Å². The van der Waals surface area contributed by atoms with Crippen molar-refractivity contribution in [3.05, 3.63) is 29.2 Å². The van der Waals surface area contributed by atoms with Gasteiger partial charge in [0.05, 0.1) is 18.3 Å². The van der Waals surface area contributed by atoms with Crippen LogP contribution in [0.4, 0.5) is 10.5 Å². The van der Waals surface area contributed by atoms with E-state index in [0.717, 1.165) is 11.0 Å². The Labute approximate surface area is 174 Å². The zero-order chi connectivity index (χ0) is 22.0. The number of alkyl carbamates (subject to hydrolysis) is 1. The third-order valence-corrected chi connectivity index (χ3v) is 5.03. The van der Waals surface area contributed by atoms with E-state index in [0.29, 0.717) is 11.4 Å². The number of amides is 1. The first-order valence-corrected chi connectivity index (χ1v) is 9.70. The first-order valence-electron chi connectivity index (χ1n) is 9.70. The van der Waals surface area contributed by atoms with Gasteiger partial charge in [-0.15, -0.1) is 0 Å². The number of nitrogen functional groups attached to an aromatic ring is 1. The Hall–Kier alpha value is -2.19. The molecule has 1 amide bonds. The molecule has 0 saturated carbocycles. The zero-order valence-corrected chi connectivity index (χ0v) is 18.7. The molecule has 0 aliphatic carbocycles. The highest BCUT2D eigenvalue weighted by Gasteiger charge is 2.52. The topological polar surface area (TPSA) is 92.0 Å². The second-order valence-corrected chi connectivity index (χ2v) is 9.16. The molecule has 160 valence electrons. The molecule has 3 N–H and O–H groups in total. The minimum absolute atomic E-state index is 0.192. The molecule has 29 heavy (non-hydrogen) atoms. The Morgan fingerprint density at radius 1 is 1.21 bits per heavy atom. The molecular formula is C21H33BN2O5. The second-order valence-electron chi connectivity index (χ2n) is 9.16. The summed E-state index contributed by atoms with van der Waals surface area (Å²) in [5.74, 6) is 0.670. The molecule has 1 aromatic carbocycles. The number of carbonyl (C=O) groups excluding carboxylic acids is 1. The second kappa shape index (κ2) is 8.28. The minimum atomic E-state index is -0.628. The van der Waals surface area contributed by atoms with Crippen LogP contribution in [0.15, 0.2) is 23.7 Å². The summed E-state index contributed by atoms with van der Waals surface area (Å²) in [6.07, 6.45) is 1.36. The number of hydrogen-bond acceptors (Lipinski definition) is 6. The van der Waals surface area contributed by atoms with Crippen LogP contribution >= 0.6 is 0 Å². The zero-order valence-electron chi connectivity index (χ0n) is 18.7. The highest BCUT2D eigenvalue weighted by molar-refractivity contribution is 6.56. The van der Waals surface area contributed by atoms with Crippen molar-refractivity contribution in [1.29, 1.82) is 0 Å². The van der Waals surface area contributed by atoms with Crippen LogP contribution in [0, 0.1) is 0 Å². The van der Waals surface area contributed by atoms with Crippen molar-refractivity contribution in [2.45, 2.75) is 65.3 Å². The van der Waals surface area contributed by atoms with Crippen molar-refractivity contribution in [2.24, 2.45) is 0 Å². The van der Waals surface area contributed by atoms with Crippen LogP contribution in [-0.2, 0) is 14.0 Å². The number of rotatable bonds is 5. The molecule has 0 bridgehead atoms. The fourth-order valence-electron chi connectivity index (χ4n) is 2.70. The molecule has 8 heteroatoms. The van der Waals surface area contributed by atoms with Crippen LogP contribution in [0.2, 0.25) is 0 Å². The quantitative estimate of drug-likeness (QED) is 0.573. The summed E-state index contributed by atoms with van der Waals surface area (Å²) in [5, 5.41) is 2.78. The lowest BCUT2D eigenvalue weighted by Crippen LogP contribution is -2.41. The number of carbonyl (C=O) groups is 1. The van der Waals surface area contributed by atoms with Crippen LogP contribution in [-0.4, -0.2) is 43.7 Å². The molecule has 1 aliphatic heterocycles. The minimum Gasteiger partial charge on any atom is -0.497 e. The van der Waals surface area contributed by atoms with Crippen molar-refractivity contribution in [3.63, 3.8) is 0 Å². The molecule has 1 aliphatic rings. The molecule has 0 aromatic heterocycles. The summed E-state index contributed by atoms with van der Waals surface area (Å²) in [7, 11) is 0.960. The largest absolute Gasteiger partial charge is 0.497 e. The molecule has 1 heterocycles. The first-order chi connectivity index (χ1) is 13.2. The number of nitrogens with two attached hydrogens (primary N) is 1. The molecule has 0 atom stereocenters. The van der Waals surface area contributed by atoms with E-state index < -0.39 is 30.0 Å². The van der Waals surface area contributed by atoms with Crippen molar-refractivity contribution >= 4 is 25.0 Å². The Morgan fingerprint density at radius 3 is 2.28 bits per heavy atom. The lowest BCUT2D eigenvalue weighted by atomic mass is 9.77. The van der Waals surface area contributed by atoms with Crippen molar-refractivity contribution in [2.75, 3.05) is 19.4 Å². The lowest BCUT2D eigenvalue weighted by Gasteiger charge is -2.32. The van der Waals surface area contributed by atoms with E-state index in [-0.39, 0.29) is 6.54 Å². The van der Waals surface area contributed by atoms with Crippen molar-refractivity contribution in [3.8, 4) is 5.75 Å². The van der Waals surface area contributed by atoms with Crippen LogP contribution in [0.5, 0.6) is 5.75 Å². The summed E-state index contributed by atoms with van der Waals surface area (Å²) in [6.45, 7) is 13.6. The fourth-order valence-corrected chi connectivity index (χ4v) is 2.70. The van der Waals surface area contributed by atoms with E-state index in [1.54, 1.807) is 13.2 Å². The maximum atomic E-state index is 12.2. The Bertz CT molecular complexity index is 768. The van der Waals surface area contributed by atoms with Gasteiger partial charge >= 0.3 is 13.2 Å². The van der Waals surface area contributed by atoms with Crippen LogP contribution in [0.1, 0.15) is 54.0 Å². The van der Waals surface area contributed by atoms with E-state index >= 15 is 0 Å². The number of benzene rings is 1. The summed E-state index contributed by atoms with van der Waals surface area (Å²) >= 11 is 0. The average Bonchev–Trinajstić information content (AvgIpc) is 2.78. The Morgan fingerprint density at radius 2 is 1.79 bits per heavy atom. The summed E-state index contributed by atoms with van der Waals surface area (Å²) < 4.78 is 22.9. The number of ether oxygens (including phenoxy) is 2. The van der Waals surface area contributed by atoms with Crippen molar-refractivity contribution < 1.29 is 23.6 Å². The van der Waals surface area contributed by atoms with Gasteiger partial charge in [-0.1, -0.05) is 6.08 Å². The van der Waals surface area contributed by atoms with Gasteiger partial charge in [-0.25, -0.2) is 4.79 Å². The van der Waals surface area contributed by atoms with Gasteiger partial charge in [-0.3, -0.25) is 0 Å². The molecule has 1 fully saturated rings. The third-order valence-electron chi connectivity index (χ3n) is 5.03. The number of methoxy groups -OCH3 is 1. The number of anilines is 1. The Balaban J connectivity index is 2.30. The maximum Gasteiger partial charge on any atom is 0.492 e. The van der Waals surface area contributed by atoms with E-state index in [4.69, 9.17) is 24.5 Å². The van der Waals surface area contributed by atoms with Gasteiger partial charge in [-0.05, 0) is 71.6 Å². The van der Waals surface area contributed by atoms with Crippen LogP contribution in [0.25, 0.3) is 6.08 Å². The molecular weight excluding hydrogens is 371 g/mol. The van der Waals surface area contributed by atoms with Crippen LogP contribution < -0.4 is 15.8 Å². The summed E-state index contributed by atoms with van der Waals surface area (Å²) in [6, 6.07) is 5.42. The fraction of sp³-hybridized carbons (Fsp3) is 0.571. The molecule has 1 aromatic rings. The van der Waals surface area contributed by atoms with Gasteiger partial charge in [-0.2, -0.15) is 0 Å². The highest BCUT2D eigenvalue weighted by Crippen LogP contribution is 2.39. The van der Waals surface area contributed by atoms with Crippen molar-refractivity contribution in [1.82, 2.24) is 5.32 Å². The smallest absolute Gasteiger partial charge is 0.492 e. The third kappa shape index (κ3) is 5.90. The molecule has 1 saturated heterocycles. The molecule has 0 unspecified atom stereocenters. The Kier molecular flexibility index (Phi) is 6.60.